The van der Waals surface area contributed by atoms with Crippen LogP contribution in [0.1, 0.15) is 32.3 Å². The molecule has 1 aliphatic heterocycles. The van der Waals surface area contributed by atoms with Crippen molar-refractivity contribution in [3.63, 3.8) is 0 Å². The Balaban J connectivity index is 2.26. The van der Waals surface area contributed by atoms with E-state index < -0.39 is 0 Å². The summed E-state index contributed by atoms with van der Waals surface area (Å²) in [6.45, 7) is 6.67. The van der Waals surface area contributed by atoms with Crippen LogP contribution in [0.25, 0.3) is 0 Å². The smallest absolute Gasteiger partial charge is 0.0992 e. The van der Waals surface area contributed by atoms with Crippen LogP contribution in [0.5, 0.6) is 0 Å². The molecule has 0 aromatic heterocycles. The lowest BCUT2D eigenvalue weighted by molar-refractivity contribution is 0.293. The molecule has 1 aromatic rings. The maximum Gasteiger partial charge on any atom is 0.0992 e. The second kappa shape index (κ2) is 4.29. The molecule has 0 radical (unpaired) electrons. The standard InChI is InChI=1S/C14H19N3/c1-14(2)6-3-7-17(10-14)13-5-4-11(9-15)8-12(13)16/h4-5,8H,3,6-7,10,16H2,1-2H3. The number of hydrogen-bond acceptors (Lipinski definition) is 3. The van der Waals surface area contributed by atoms with E-state index in [1.54, 1.807) is 6.07 Å². The molecular formula is C14H19N3. The Kier molecular flexibility index (Phi) is 2.97. The average Bonchev–Trinajstić information content (AvgIpc) is 2.27. The van der Waals surface area contributed by atoms with E-state index in [0.717, 1.165) is 18.8 Å². The normalized spacial score (nSPS) is 18.8. The largest absolute Gasteiger partial charge is 0.397 e. The van der Waals surface area contributed by atoms with Crippen LogP contribution in [0, 0.1) is 16.7 Å². The van der Waals surface area contributed by atoms with Gasteiger partial charge >= 0.3 is 0 Å². The lowest BCUT2D eigenvalue weighted by Crippen LogP contribution is -2.40. The molecule has 0 unspecified atom stereocenters. The third-order valence-electron chi connectivity index (χ3n) is 3.40. The van der Waals surface area contributed by atoms with Gasteiger partial charge in [0.1, 0.15) is 0 Å². The fraction of sp³-hybridized carbons (Fsp3) is 0.500. The van der Waals surface area contributed by atoms with E-state index in [-0.39, 0.29) is 0 Å². The van der Waals surface area contributed by atoms with E-state index in [4.69, 9.17) is 11.0 Å². The molecule has 1 heterocycles. The van der Waals surface area contributed by atoms with Crippen molar-refractivity contribution < 1.29 is 0 Å². The highest BCUT2D eigenvalue weighted by Gasteiger charge is 2.27. The molecule has 1 saturated heterocycles. The van der Waals surface area contributed by atoms with Crippen LogP contribution < -0.4 is 10.6 Å². The second-order valence-corrected chi connectivity index (χ2v) is 5.57. The topological polar surface area (TPSA) is 53.0 Å². The lowest BCUT2D eigenvalue weighted by Gasteiger charge is -2.39. The summed E-state index contributed by atoms with van der Waals surface area (Å²) in [5.41, 5.74) is 8.77. The van der Waals surface area contributed by atoms with Gasteiger partial charge in [-0.2, -0.15) is 5.26 Å². The van der Waals surface area contributed by atoms with Crippen LogP contribution in [0.2, 0.25) is 0 Å². The van der Waals surface area contributed by atoms with Gasteiger partial charge < -0.3 is 10.6 Å². The van der Waals surface area contributed by atoms with Crippen molar-refractivity contribution in [1.82, 2.24) is 0 Å². The molecule has 1 aromatic carbocycles. The number of nitrogens with zero attached hydrogens (tertiary/aromatic N) is 2. The van der Waals surface area contributed by atoms with Gasteiger partial charge in [-0.3, -0.25) is 0 Å². The van der Waals surface area contributed by atoms with Crippen LogP contribution in [0.3, 0.4) is 0 Å². The van der Waals surface area contributed by atoms with Crippen LogP contribution in [-0.2, 0) is 0 Å². The van der Waals surface area contributed by atoms with Crippen molar-refractivity contribution in [3.8, 4) is 6.07 Å². The quantitative estimate of drug-likeness (QED) is 0.753. The predicted molar refractivity (Wildman–Crippen MR) is 70.8 cm³/mol. The molecular weight excluding hydrogens is 210 g/mol. The number of nitriles is 1. The van der Waals surface area contributed by atoms with E-state index in [1.165, 1.54) is 12.8 Å². The van der Waals surface area contributed by atoms with Gasteiger partial charge in [-0.25, -0.2) is 0 Å². The SMILES string of the molecule is CC1(C)CCCN(c2ccc(C#N)cc2N)C1. The summed E-state index contributed by atoms with van der Waals surface area (Å²) in [6, 6.07) is 7.68. The van der Waals surface area contributed by atoms with Crippen LogP contribution in [0.4, 0.5) is 11.4 Å². The number of anilines is 2. The minimum atomic E-state index is 0.346. The van der Waals surface area contributed by atoms with Crippen LogP contribution in [-0.4, -0.2) is 13.1 Å². The molecule has 0 bridgehead atoms. The molecule has 2 N–H and O–H groups in total. The van der Waals surface area contributed by atoms with Gasteiger partial charge in [0.25, 0.3) is 0 Å². The molecule has 90 valence electrons. The minimum absolute atomic E-state index is 0.346. The number of nitrogen functional groups attached to an aromatic ring is 1. The summed E-state index contributed by atoms with van der Waals surface area (Å²) in [5.74, 6) is 0. The van der Waals surface area contributed by atoms with Crippen LogP contribution >= 0.6 is 0 Å². The van der Waals surface area contributed by atoms with Gasteiger partial charge in [0.15, 0.2) is 0 Å². The van der Waals surface area contributed by atoms with Gasteiger partial charge in [0.05, 0.1) is 23.0 Å². The van der Waals surface area contributed by atoms with Gasteiger partial charge in [0.2, 0.25) is 0 Å². The number of nitrogens with two attached hydrogens (primary N) is 1. The zero-order valence-corrected chi connectivity index (χ0v) is 10.5. The highest BCUT2D eigenvalue weighted by atomic mass is 15.1. The van der Waals surface area contributed by atoms with Gasteiger partial charge in [-0.15, -0.1) is 0 Å². The predicted octanol–water partition coefficient (Wildman–Crippen LogP) is 2.77. The molecule has 0 atom stereocenters. The number of rotatable bonds is 1. The highest BCUT2D eigenvalue weighted by Crippen LogP contribution is 2.34. The van der Waals surface area contributed by atoms with Crippen molar-refractivity contribution in [2.75, 3.05) is 23.7 Å². The highest BCUT2D eigenvalue weighted by molar-refractivity contribution is 5.69. The molecule has 1 fully saturated rings. The van der Waals surface area contributed by atoms with E-state index >= 15 is 0 Å². The number of hydrogen-bond donors (Lipinski definition) is 1. The first-order valence-corrected chi connectivity index (χ1v) is 6.06. The number of piperidine rings is 1. The molecule has 0 saturated carbocycles. The summed E-state index contributed by atoms with van der Waals surface area (Å²) >= 11 is 0. The third kappa shape index (κ3) is 2.52. The summed E-state index contributed by atoms with van der Waals surface area (Å²) in [5, 5.41) is 8.83. The molecule has 3 nitrogen and oxygen atoms in total. The van der Waals surface area contributed by atoms with Gasteiger partial charge in [-0.05, 0) is 36.5 Å². The first-order valence-electron chi connectivity index (χ1n) is 6.06. The molecule has 2 rings (SSSR count). The van der Waals surface area contributed by atoms with Crippen molar-refractivity contribution in [2.45, 2.75) is 26.7 Å². The van der Waals surface area contributed by atoms with E-state index in [1.807, 2.05) is 12.1 Å². The summed E-state index contributed by atoms with van der Waals surface area (Å²) in [7, 11) is 0. The van der Waals surface area contributed by atoms with Crippen molar-refractivity contribution in [2.24, 2.45) is 5.41 Å². The average molecular weight is 229 g/mol. The molecule has 0 spiro atoms. The molecule has 0 amide bonds. The number of benzene rings is 1. The molecule has 1 aliphatic rings. The van der Waals surface area contributed by atoms with Crippen molar-refractivity contribution >= 4 is 11.4 Å². The Hall–Kier alpha value is -1.69. The van der Waals surface area contributed by atoms with E-state index in [0.29, 0.717) is 16.7 Å². The Bertz CT molecular complexity index is 457. The second-order valence-electron chi connectivity index (χ2n) is 5.57. The Labute approximate surface area is 103 Å². The zero-order valence-electron chi connectivity index (χ0n) is 10.5. The maximum absolute atomic E-state index is 8.83. The van der Waals surface area contributed by atoms with Gasteiger partial charge in [-0.1, -0.05) is 13.8 Å². The lowest BCUT2D eigenvalue weighted by atomic mass is 9.84. The third-order valence-corrected chi connectivity index (χ3v) is 3.40. The zero-order chi connectivity index (χ0) is 12.5. The monoisotopic (exact) mass is 229 g/mol. The van der Waals surface area contributed by atoms with Gasteiger partial charge in [0, 0.05) is 13.1 Å². The molecule has 17 heavy (non-hydrogen) atoms. The first-order chi connectivity index (χ1) is 8.02. The van der Waals surface area contributed by atoms with E-state index in [9.17, 15) is 0 Å². The molecule has 3 heteroatoms. The summed E-state index contributed by atoms with van der Waals surface area (Å²) in [6.07, 6.45) is 2.46. The fourth-order valence-electron chi connectivity index (χ4n) is 2.54. The molecule has 0 aliphatic carbocycles. The Morgan fingerprint density at radius 1 is 1.41 bits per heavy atom. The summed E-state index contributed by atoms with van der Waals surface area (Å²) < 4.78 is 0. The Morgan fingerprint density at radius 3 is 2.76 bits per heavy atom. The summed E-state index contributed by atoms with van der Waals surface area (Å²) in [4.78, 5) is 2.33. The van der Waals surface area contributed by atoms with Crippen molar-refractivity contribution in [3.05, 3.63) is 23.8 Å². The Morgan fingerprint density at radius 2 is 2.18 bits per heavy atom. The minimum Gasteiger partial charge on any atom is -0.397 e. The first kappa shape index (κ1) is 11.8. The maximum atomic E-state index is 8.83. The fourth-order valence-corrected chi connectivity index (χ4v) is 2.54. The van der Waals surface area contributed by atoms with Crippen molar-refractivity contribution in [1.29, 1.82) is 5.26 Å². The van der Waals surface area contributed by atoms with E-state index in [2.05, 4.69) is 24.8 Å². The van der Waals surface area contributed by atoms with Crippen LogP contribution in [0.15, 0.2) is 18.2 Å².